The van der Waals surface area contributed by atoms with Crippen molar-refractivity contribution in [2.24, 2.45) is 5.92 Å². The second kappa shape index (κ2) is 4.75. The van der Waals surface area contributed by atoms with Crippen molar-refractivity contribution in [3.05, 3.63) is 35.1 Å². The third-order valence-electron chi connectivity index (χ3n) is 4.05. The van der Waals surface area contributed by atoms with Gasteiger partial charge in [0.05, 0.1) is 17.8 Å². The van der Waals surface area contributed by atoms with Crippen LogP contribution in [0, 0.1) is 23.1 Å². The van der Waals surface area contributed by atoms with E-state index in [4.69, 9.17) is 10.00 Å². The lowest BCUT2D eigenvalue weighted by molar-refractivity contribution is -0.0149. The van der Waals surface area contributed by atoms with Crippen LogP contribution in [0.5, 0.6) is 0 Å². The van der Waals surface area contributed by atoms with Gasteiger partial charge in [0.15, 0.2) is 5.78 Å². The molecule has 3 nitrogen and oxygen atoms in total. The van der Waals surface area contributed by atoms with Gasteiger partial charge >= 0.3 is 0 Å². The Balaban J connectivity index is 1.89. The highest BCUT2D eigenvalue weighted by Gasteiger charge is 2.38. The van der Waals surface area contributed by atoms with Crippen LogP contribution in [0.2, 0.25) is 0 Å². The van der Waals surface area contributed by atoms with Crippen molar-refractivity contribution in [3.8, 4) is 6.07 Å². The van der Waals surface area contributed by atoms with E-state index < -0.39 is 5.82 Å². The molecule has 1 aromatic carbocycles. The number of fused-ring (bicyclic) bond motifs is 2. The molecule has 2 bridgehead atoms. The fourth-order valence-electron chi connectivity index (χ4n) is 3.13. The monoisotopic (exact) mass is 259 g/mol. The van der Waals surface area contributed by atoms with E-state index in [0.717, 1.165) is 12.8 Å². The Kier molecular flexibility index (Phi) is 3.08. The van der Waals surface area contributed by atoms with Gasteiger partial charge in [-0.25, -0.2) is 4.39 Å². The molecule has 0 spiro atoms. The number of nitrogens with zero attached hydrogens (tertiary/aromatic N) is 1. The molecule has 2 aliphatic heterocycles. The van der Waals surface area contributed by atoms with Gasteiger partial charge in [-0.2, -0.15) is 5.26 Å². The Labute approximate surface area is 111 Å². The quantitative estimate of drug-likeness (QED) is 0.767. The van der Waals surface area contributed by atoms with Crippen LogP contribution in [0.25, 0.3) is 0 Å². The van der Waals surface area contributed by atoms with E-state index in [1.165, 1.54) is 12.1 Å². The molecular weight excluding hydrogens is 245 g/mol. The molecule has 2 atom stereocenters. The van der Waals surface area contributed by atoms with Gasteiger partial charge in [-0.3, -0.25) is 4.79 Å². The molecule has 0 N–H and O–H groups in total. The van der Waals surface area contributed by atoms with Crippen molar-refractivity contribution in [2.45, 2.75) is 37.9 Å². The van der Waals surface area contributed by atoms with Crippen LogP contribution in [0.3, 0.4) is 0 Å². The number of carbonyl (C=O) groups is 1. The molecule has 3 rings (SSSR count). The Morgan fingerprint density at radius 2 is 2.00 bits per heavy atom. The van der Waals surface area contributed by atoms with Gasteiger partial charge in [-0.05, 0) is 37.8 Å². The SMILES string of the molecule is N#Cc1c(F)cccc1C(=O)C1CC2CCC(C1)O2. The van der Waals surface area contributed by atoms with Crippen LogP contribution in [0.1, 0.15) is 41.6 Å². The lowest BCUT2D eigenvalue weighted by Gasteiger charge is -2.27. The van der Waals surface area contributed by atoms with Crippen molar-refractivity contribution >= 4 is 5.78 Å². The summed E-state index contributed by atoms with van der Waals surface area (Å²) in [4.78, 5) is 12.5. The number of benzene rings is 1. The number of Topliss-reactive ketones (excluding diaryl/α,β-unsaturated/α-hetero) is 1. The fraction of sp³-hybridized carbons (Fsp3) is 0.467. The Morgan fingerprint density at radius 3 is 2.63 bits per heavy atom. The van der Waals surface area contributed by atoms with E-state index in [1.54, 1.807) is 12.1 Å². The summed E-state index contributed by atoms with van der Waals surface area (Å²) in [5.74, 6) is -0.875. The Morgan fingerprint density at radius 1 is 1.32 bits per heavy atom. The van der Waals surface area contributed by atoms with Gasteiger partial charge in [-0.1, -0.05) is 6.07 Å². The largest absolute Gasteiger partial charge is 0.375 e. The van der Waals surface area contributed by atoms with E-state index in [-0.39, 0.29) is 35.0 Å². The van der Waals surface area contributed by atoms with Crippen molar-refractivity contribution < 1.29 is 13.9 Å². The number of nitriles is 1. The molecule has 2 aliphatic rings. The van der Waals surface area contributed by atoms with E-state index in [1.807, 2.05) is 0 Å². The van der Waals surface area contributed by atoms with Crippen LogP contribution in [0.15, 0.2) is 18.2 Å². The molecule has 0 saturated carbocycles. The zero-order valence-electron chi connectivity index (χ0n) is 10.4. The van der Waals surface area contributed by atoms with Crippen molar-refractivity contribution in [1.29, 1.82) is 5.26 Å². The molecule has 2 saturated heterocycles. The molecule has 0 aromatic heterocycles. The summed E-state index contributed by atoms with van der Waals surface area (Å²) in [5, 5.41) is 9.00. The molecule has 0 amide bonds. The third-order valence-corrected chi connectivity index (χ3v) is 4.05. The number of ketones is 1. The van der Waals surface area contributed by atoms with E-state index in [0.29, 0.717) is 12.8 Å². The molecule has 2 fully saturated rings. The summed E-state index contributed by atoms with van der Waals surface area (Å²) >= 11 is 0. The zero-order valence-corrected chi connectivity index (χ0v) is 10.4. The van der Waals surface area contributed by atoms with E-state index in [9.17, 15) is 9.18 Å². The topological polar surface area (TPSA) is 50.1 Å². The minimum atomic E-state index is -0.622. The first-order valence-corrected chi connectivity index (χ1v) is 6.57. The smallest absolute Gasteiger partial charge is 0.167 e. The second-order valence-corrected chi connectivity index (χ2v) is 5.26. The summed E-state index contributed by atoms with van der Waals surface area (Å²) in [7, 11) is 0. The highest BCUT2D eigenvalue weighted by molar-refractivity contribution is 6.00. The van der Waals surface area contributed by atoms with Gasteiger partial charge in [0, 0.05) is 11.5 Å². The van der Waals surface area contributed by atoms with E-state index >= 15 is 0 Å². The highest BCUT2D eigenvalue weighted by Crippen LogP contribution is 2.37. The molecular formula is C15H14FNO2. The average Bonchev–Trinajstić information content (AvgIpc) is 2.76. The van der Waals surface area contributed by atoms with Crippen molar-refractivity contribution in [2.75, 3.05) is 0 Å². The van der Waals surface area contributed by atoms with E-state index in [2.05, 4.69) is 0 Å². The number of ether oxygens (including phenoxy) is 1. The predicted molar refractivity (Wildman–Crippen MR) is 66.1 cm³/mol. The van der Waals surface area contributed by atoms with Crippen LogP contribution in [-0.4, -0.2) is 18.0 Å². The lowest BCUT2D eigenvalue weighted by atomic mass is 9.86. The van der Waals surface area contributed by atoms with Crippen LogP contribution >= 0.6 is 0 Å². The maximum atomic E-state index is 13.5. The third kappa shape index (κ3) is 2.15. The van der Waals surface area contributed by atoms with Gasteiger partial charge in [-0.15, -0.1) is 0 Å². The Bertz CT molecular complexity index is 552. The normalized spacial score (nSPS) is 28.9. The number of rotatable bonds is 2. The molecule has 98 valence electrons. The summed E-state index contributed by atoms with van der Waals surface area (Å²) in [5.41, 5.74) is 0.0835. The maximum Gasteiger partial charge on any atom is 0.167 e. The molecule has 2 heterocycles. The molecule has 0 radical (unpaired) electrons. The Hall–Kier alpha value is -1.73. The standard InChI is InChI=1S/C15H14FNO2/c16-14-3-1-2-12(13(14)8-17)15(18)9-6-10-4-5-11(7-9)19-10/h1-3,9-11H,4-7H2. The first-order chi connectivity index (χ1) is 9.19. The summed E-state index contributed by atoms with van der Waals surface area (Å²) in [6, 6.07) is 6.03. The molecule has 4 heteroatoms. The van der Waals surface area contributed by atoms with Gasteiger partial charge in [0.2, 0.25) is 0 Å². The minimum Gasteiger partial charge on any atom is -0.375 e. The zero-order chi connectivity index (χ0) is 13.4. The van der Waals surface area contributed by atoms with Crippen molar-refractivity contribution in [3.63, 3.8) is 0 Å². The van der Waals surface area contributed by atoms with Crippen LogP contribution in [0.4, 0.5) is 4.39 Å². The first kappa shape index (κ1) is 12.3. The minimum absolute atomic E-state index is 0.115. The molecule has 0 aliphatic carbocycles. The van der Waals surface area contributed by atoms with Gasteiger partial charge in [0.25, 0.3) is 0 Å². The second-order valence-electron chi connectivity index (χ2n) is 5.26. The van der Waals surface area contributed by atoms with Gasteiger partial charge < -0.3 is 4.74 Å². The van der Waals surface area contributed by atoms with Crippen LogP contribution < -0.4 is 0 Å². The molecule has 19 heavy (non-hydrogen) atoms. The highest BCUT2D eigenvalue weighted by atomic mass is 19.1. The van der Waals surface area contributed by atoms with Gasteiger partial charge in [0.1, 0.15) is 11.9 Å². The predicted octanol–water partition coefficient (Wildman–Crippen LogP) is 2.84. The number of halogens is 1. The summed E-state index contributed by atoms with van der Waals surface area (Å²) < 4.78 is 19.2. The number of hydrogen-bond donors (Lipinski definition) is 0. The number of carbonyl (C=O) groups excluding carboxylic acids is 1. The van der Waals surface area contributed by atoms with Crippen molar-refractivity contribution in [1.82, 2.24) is 0 Å². The first-order valence-electron chi connectivity index (χ1n) is 6.57. The summed E-state index contributed by atoms with van der Waals surface area (Å²) in [6.45, 7) is 0. The fourth-order valence-corrected chi connectivity index (χ4v) is 3.13. The molecule has 1 aromatic rings. The lowest BCUT2D eigenvalue weighted by Crippen LogP contribution is -2.30. The molecule has 2 unspecified atom stereocenters. The average molecular weight is 259 g/mol. The number of hydrogen-bond acceptors (Lipinski definition) is 3. The summed E-state index contributed by atoms with van der Waals surface area (Å²) in [6.07, 6.45) is 3.71. The van der Waals surface area contributed by atoms with Crippen LogP contribution in [-0.2, 0) is 4.74 Å². The maximum absolute atomic E-state index is 13.5.